The Morgan fingerprint density at radius 3 is 2.00 bits per heavy atom. The van der Waals surface area contributed by atoms with Crippen LogP contribution >= 0.6 is 0 Å². The molecule has 1 nitrogen and oxygen atoms in total. The third kappa shape index (κ3) is 1.52. The number of nitrogens with zero attached hydrogens (tertiary/aromatic N) is 1. The fourth-order valence-corrected chi connectivity index (χ4v) is 0.849. The van der Waals surface area contributed by atoms with E-state index >= 15 is 0 Å². The van der Waals surface area contributed by atoms with Crippen LogP contribution in [0.1, 0.15) is 0 Å². The van der Waals surface area contributed by atoms with Gasteiger partial charge in [0.25, 0.3) is 0 Å². The zero-order valence-electron chi connectivity index (χ0n) is 5.30. The molecule has 0 aromatic carbocycles. The van der Waals surface area contributed by atoms with Gasteiger partial charge in [-0.3, -0.25) is 0 Å². The van der Waals surface area contributed by atoms with Crippen molar-refractivity contribution < 1.29 is 32.7 Å². The van der Waals surface area contributed by atoms with Crippen LogP contribution in [0.15, 0.2) is 0 Å². The molecule has 0 N–H and O–H groups in total. The summed E-state index contributed by atoms with van der Waals surface area (Å²) in [6.45, 7) is 8.86. The maximum absolute atomic E-state index is 3.87. The van der Waals surface area contributed by atoms with Crippen molar-refractivity contribution >= 4 is 0 Å². The fraction of sp³-hybridized carbons (Fsp3) is 0.667. The zero-order chi connectivity index (χ0) is 5.44. The average Bonchev–Trinajstić information content (AvgIpc) is 1.68. The minimum absolute atomic E-state index is 0. The molecule has 1 aliphatic heterocycles. The molecule has 0 aromatic heterocycles. The van der Waals surface area contributed by atoms with Gasteiger partial charge in [0.05, 0.1) is 0 Å². The molecule has 0 spiro atoms. The van der Waals surface area contributed by atoms with Crippen molar-refractivity contribution in [3.8, 4) is 0 Å². The molecular weight excluding hydrogens is 175 g/mol. The molecule has 1 saturated heterocycles. The number of hydrogen-bond donors (Lipinski definition) is 0. The topological polar surface area (TPSA) is 3.24 Å². The molecule has 1 heterocycles. The van der Waals surface area contributed by atoms with E-state index in [2.05, 4.69) is 25.8 Å². The van der Waals surface area contributed by atoms with Gasteiger partial charge in [0.2, 0.25) is 0 Å². The molecule has 1 fully saturated rings. The monoisotopic (exact) mass is 186 g/mol. The normalized spacial score (nSPS) is 37.9. The molecule has 0 amide bonds. The van der Waals surface area contributed by atoms with Crippen LogP contribution in [0.2, 0.25) is 0 Å². The molecule has 1 rings (SSSR count). The van der Waals surface area contributed by atoms with E-state index in [1.165, 1.54) is 0 Å². The minimum atomic E-state index is 0. The zero-order valence-corrected chi connectivity index (χ0v) is 8.14. The van der Waals surface area contributed by atoms with Crippen molar-refractivity contribution in [1.29, 1.82) is 0 Å². The maximum Gasteiger partial charge on any atom is 0 e. The van der Waals surface area contributed by atoms with Crippen molar-refractivity contribution in [2.24, 2.45) is 5.92 Å². The Bertz CT molecular complexity index is 66.9. The summed E-state index contributed by atoms with van der Waals surface area (Å²) in [6, 6.07) is 0.472. The summed E-state index contributed by atoms with van der Waals surface area (Å²) in [7, 11) is 2.07. The van der Waals surface area contributed by atoms with E-state index in [1.54, 1.807) is 0 Å². The van der Waals surface area contributed by atoms with Crippen LogP contribution < -0.4 is 0 Å². The van der Waals surface area contributed by atoms with Crippen LogP contribution in [-0.4, -0.2) is 24.5 Å². The molecule has 1 aliphatic rings. The molecule has 8 heavy (non-hydrogen) atoms. The van der Waals surface area contributed by atoms with E-state index < -0.39 is 0 Å². The molecule has 2 unspecified atom stereocenters. The molecule has 2 atom stereocenters. The summed E-state index contributed by atoms with van der Waals surface area (Å²) in [5.74, 6) is 0.574. The molecule has 2 heteroatoms. The van der Waals surface area contributed by atoms with Gasteiger partial charge in [-0.05, 0) is 13.6 Å². The van der Waals surface area contributed by atoms with Gasteiger partial charge in [-0.15, -0.1) is 6.04 Å². The van der Waals surface area contributed by atoms with E-state index in [0.717, 1.165) is 6.54 Å². The predicted octanol–water partition coefficient (Wildman–Crippen LogP) is 0.582. The van der Waals surface area contributed by atoms with E-state index in [-0.39, 0.29) is 32.7 Å². The summed E-state index contributed by atoms with van der Waals surface area (Å²) in [6.07, 6.45) is 0. The van der Waals surface area contributed by atoms with Crippen LogP contribution in [-0.2, 0) is 32.7 Å². The van der Waals surface area contributed by atoms with Crippen LogP contribution in [0.3, 0.4) is 0 Å². The summed E-state index contributed by atoms with van der Waals surface area (Å²) in [5.41, 5.74) is 0. The van der Waals surface area contributed by atoms with Crippen LogP contribution in [0.5, 0.6) is 0 Å². The van der Waals surface area contributed by atoms with E-state index in [0.29, 0.717) is 12.0 Å². The van der Waals surface area contributed by atoms with Gasteiger partial charge in [-0.25, -0.2) is 0 Å². The second-order valence-corrected chi connectivity index (χ2v) is 2.27. The SMILES string of the molecule is [CH2-]C1CN(C)C1[CH2-].[Y]. The summed E-state index contributed by atoms with van der Waals surface area (Å²) in [5, 5.41) is 0. The van der Waals surface area contributed by atoms with Crippen LogP contribution in [0, 0.1) is 19.8 Å². The van der Waals surface area contributed by atoms with Crippen LogP contribution in [0.25, 0.3) is 0 Å². The number of hydrogen-bond acceptors (Lipinski definition) is 1. The second-order valence-electron chi connectivity index (χ2n) is 2.27. The third-order valence-corrected chi connectivity index (χ3v) is 1.63. The predicted molar refractivity (Wildman–Crippen MR) is 30.6 cm³/mol. The Labute approximate surface area is 76.7 Å². The van der Waals surface area contributed by atoms with E-state index in [9.17, 15) is 0 Å². The summed E-state index contributed by atoms with van der Waals surface area (Å²) >= 11 is 0. The third-order valence-electron chi connectivity index (χ3n) is 1.63. The Kier molecular flexibility index (Phi) is 3.72. The van der Waals surface area contributed by atoms with Crippen molar-refractivity contribution in [2.45, 2.75) is 6.04 Å². The average molecular weight is 186 g/mol. The van der Waals surface area contributed by atoms with Gasteiger partial charge in [-0.1, -0.05) is 0 Å². The molecule has 45 valence electrons. The quantitative estimate of drug-likeness (QED) is 0.500. The van der Waals surface area contributed by atoms with Gasteiger partial charge < -0.3 is 18.7 Å². The smallest absolute Gasteiger partial charge is 0 e. The van der Waals surface area contributed by atoms with Gasteiger partial charge in [-0.2, -0.15) is 5.92 Å². The first-order chi connectivity index (χ1) is 3.22. The van der Waals surface area contributed by atoms with E-state index in [4.69, 9.17) is 0 Å². The summed E-state index contributed by atoms with van der Waals surface area (Å²) < 4.78 is 0. The number of likely N-dealkylation sites (tertiary alicyclic amines) is 1. The molecule has 0 aromatic rings. The van der Waals surface area contributed by atoms with Gasteiger partial charge >= 0.3 is 0 Å². The Morgan fingerprint density at radius 2 is 2.00 bits per heavy atom. The molecule has 0 aliphatic carbocycles. The van der Waals surface area contributed by atoms with E-state index in [1.807, 2.05) is 0 Å². The molecule has 0 bridgehead atoms. The Morgan fingerprint density at radius 1 is 1.50 bits per heavy atom. The van der Waals surface area contributed by atoms with Crippen molar-refractivity contribution in [1.82, 2.24) is 4.90 Å². The maximum atomic E-state index is 3.87. The van der Waals surface area contributed by atoms with Crippen molar-refractivity contribution in [2.75, 3.05) is 13.6 Å². The second kappa shape index (κ2) is 3.29. The fourth-order valence-electron chi connectivity index (χ4n) is 0.849. The minimum Gasteiger partial charge on any atom is -0.340 e. The van der Waals surface area contributed by atoms with Crippen molar-refractivity contribution in [3.05, 3.63) is 13.8 Å². The number of rotatable bonds is 0. The first kappa shape index (κ1) is 9.06. The van der Waals surface area contributed by atoms with Gasteiger partial charge in [0.1, 0.15) is 0 Å². The van der Waals surface area contributed by atoms with Crippen LogP contribution in [0.4, 0.5) is 0 Å². The van der Waals surface area contributed by atoms with Gasteiger partial charge in [0.15, 0.2) is 0 Å². The van der Waals surface area contributed by atoms with Gasteiger partial charge in [0, 0.05) is 32.7 Å². The summed E-state index contributed by atoms with van der Waals surface area (Å²) in [4.78, 5) is 2.19. The molecule has 1 radical (unpaired) electrons. The molecular formula is C6H11NY-2. The Balaban J connectivity index is 0.000000490. The first-order valence-corrected chi connectivity index (χ1v) is 2.58. The van der Waals surface area contributed by atoms with Crippen molar-refractivity contribution in [3.63, 3.8) is 0 Å². The largest absolute Gasteiger partial charge is 0.340 e. The standard InChI is InChI=1S/C6H11N.Y/c1-5-4-7(3)6(5)2;/h5-6H,1-2,4H2,3H3;/q-2;. The Hall–Kier alpha value is 1.06. The molecule has 0 saturated carbocycles. The first-order valence-electron chi connectivity index (χ1n) is 2.58.